The Hall–Kier alpha value is -1.29. The van der Waals surface area contributed by atoms with Crippen LogP contribution < -0.4 is 0 Å². The molecule has 0 fully saturated rings. The van der Waals surface area contributed by atoms with Crippen molar-refractivity contribution in [3.05, 3.63) is 23.0 Å². The third-order valence-electron chi connectivity index (χ3n) is 1.34. The summed E-state index contributed by atoms with van der Waals surface area (Å²) < 4.78 is 4.68. The van der Waals surface area contributed by atoms with Gasteiger partial charge in [-0.05, 0) is 13.0 Å². The molecule has 4 nitrogen and oxygen atoms in total. The molecule has 1 aromatic heterocycles. The smallest absolute Gasteiger partial charge is 0.342 e. The second kappa shape index (κ2) is 4.09. The molecule has 0 radical (unpaired) electrons. The Morgan fingerprint density at radius 2 is 2.46 bits per heavy atom. The topological polar surface area (TPSA) is 59.4 Å². The van der Waals surface area contributed by atoms with Crippen molar-refractivity contribution in [2.75, 3.05) is 6.61 Å². The number of esters is 1. The van der Waals surface area contributed by atoms with E-state index in [1.807, 2.05) is 0 Å². The van der Waals surface area contributed by atoms with Crippen molar-refractivity contribution in [2.45, 2.75) is 6.92 Å². The highest BCUT2D eigenvalue weighted by Gasteiger charge is 2.12. The highest BCUT2D eigenvalue weighted by Crippen LogP contribution is 2.19. The van der Waals surface area contributed by atoms with Crippen LogP contribution in [0, 0.1) is 0 Å². The fourth-order valence-electron chi connectivity index (χ4n) is 0.795. The molecule has 1 heterocycles. The van der Waals surface area contributed by atoms with Gasteiger partial charge in [0.2, 0.25) is 0 Å². The van der Waals surface area contributed by atoms with Crippen LogP contribution in [0.5, 0.6) is 5.75 Å². The van der Waals surface area contributed by atoms with Gasteiger partial charge in [0.1, 0.15) is 16.5 Å². The molecule has 1 rings (SSSR count). The summed E-state index contributed by atoms with van der Waals surface area (Å²) in [7, 11) is 0. The standard InChI is InChI=1S/C8H8ClNO3/c1-2-13-8(12)5-3-7(9)10-4-6(5)11/h3-4,11H,2H2,1H3. The second-order valence-corrected chi connectivity index (χ2v) is 2.63. The summed E-state index contributed by atoms with van der Waals surface area (Å²) in [5, 5.41) is 9.35. The lowest BCUT2D eigenvalue weighted by molar-refractivity contribution is 0.0523. The molecule has 0 saturated carbocycles. The maximum atomic E-state index is 11.1. The average molecular weight is 202 g/mol. The van der Waals surface area contributed by atoms with Gasteiger partial charge in [-0.1, -0.05) is 11.6 Å². The normalized spacial score (nSPS) is 9.69. The van der Waals surface area contributed by atoms with Gasteiger partial charge in [-0.3, -0.25) is 0 Å². The molecule has 0 spiro atoms. The Kier molecular flexibility index (Phi) is 3.08. The molecule has 0 aliphatic heterocycles. The largest absolute Gasteiger partial charge is 0.505 e. The fourth-order valence-corrected chi connectivity index (χ4v) is 0.953. The van der Waals surface area contributed by atoms with E-state index in [1.54, 1.807) is 6.92 Å². The molecule has 0 bridgehead atoms. The molecule has 1 N–H and O–H groups in total. The van der Waals surface area contributed by atoms with Crippen LogP contribution in [0.1, 0.15) is 17.3 Å². The fraction of sp³-hybridized carbons (Fsp3) is 0.250. The zero-order valence-corrected chi connectivity index (χ0v) is 7.71. The van der Waals surface area contributed by atoms with Gasteiger partial charge in [0.25, 0.3) is 0 Å². The number of pyridine rings is 1. The van der Waals surface area contributed by atoms with Crippen LogP contribution in [-0.4, -0.2) is 22.7 Å². The van der Waals surface area contributed by atoms with Gasteiger partial charge in [-0.25, -0.2) is 9.78 Å². The lowest BCUT2D eigenvalue weighted by Crippen LogP contribution is -2.05. The molecule has 0 amide bonds. The predicted octanol–water partition coefficient (Wildman–Crippen LogP) is 1.62. The Morgan fingerprint density at radius 3 is 3.08 bits per heavy atom. The van der Waals surface area contributed by atoms with Crippen LogP contribution in [-0.2, 0) is 4.74 Å². The lowest BCUT2D eigenvalue weighted by Gasteiger charge is -2.03. The molecule has 70 valence electrons. The molecule has 0 aliphatic carbocycles. The monoisotopic (exact) mass is 201 g/mol. The third-order valence-corrected chi connectivity index (χ3v) is 1.55. The Bertz CT molecular complexity index is 327. The van der Waals surface area contributed by atoms with Crippen LogP contribution in [0.2, 0.25) is 5.15 Å². The maximum Gasteiger partial charge on any atom is 0.342 e. The summed E-state index contributed by atoms with van der Waals surface area (Å²) >= 11 is 5.53. The minimum Gasteiger partial charge on any atom is -0.505 e. The molecular weight excluding hydrogens is 194 g/mol. The van der Waals surface area contributed by atoms with E-state index < -0.39 is 5.97 Å². The first-order valence-corrected chi connectivity index (χ1v) is 4.04. The first-order chi connectivity index (χ1) is 6.15. The van der Waals surface area contributed by atoms with E-state index in [0.29, 0.717) is 0 Å². The summed E-state index contributed by atoms with van der Waals surface area (Å²) in [6.07, 6.45) is 1.11. The first-order valence-electron chi connectivity index (χ1n) is 3.66. The van der Waals surface area contributed by atoms with Crippen molar-refractivity contribution in [2.24, 2.45) is 0 Å². The quantitative estimate of drug-likeness (QED) is 0.584. The highest BCUT2D eigenvalue weighted by molar-refractivity contribution is 6.29. The van der Waals surface area contributed by atoms with Crippen molar-refractivity contribution < 1.29 is 14.6 Å². The molecule has 0 saturated heterocycles. The zero-order valence-electron chi connectivity index (χ0n) is 6.95. The molecule has 13 heavy (non-hydrogen) atoms. The third kappa shape index (κ3) is 2.32. The summed E-state index contributed by atoms with van der Waals surface area (Å²) in [5.74, 6) is -0.841. The number of carbonyl (C=O) groups is 1. The van der Waals surface area contributed by atoms with Crippen molar-refractivity contribution >= 4 is 17.6 Å². The number of halogens is 1. The van der Waals surface area contributed by atoms with Gasteiger partial charge < -0.3 is 9.84 Å². The number of nitrogens with zero attached hydrogens (tertiary/aromatic N) is 1. The second-order valence-electron chi connectivity index (χ2n) is 2.24. The minimum atomic E-state index is -0.607. The van der Waals surface area contributed by atoms with Gasteiger partial charge in [0, 0.05) is 0 Å². The molecule has 0 aromatic carbocycles. The molecule has 0 aliphatic rings. The van der Waals surface area contributed by atoms with Gasteiger partial charge in [-0.15, -0.1) is 0 Å². The highest BCUT2D eigenvalue weighted by atomic mass is 35.5. The SMILES string of the molecule is CCOC(=O)c1cc(Cl)ncc1O. The van der Waals surface area contributed by atoms with Crippen LogP contribution >= 0.6 is 11.6 Å². The van der Waals surface area contributed by atoms with Crippen LogP contribution in [0.3, 0.4) is 0 Å². The van der Waals surface area contributed by atoms with Crippen molar-refractivity contribution in [1.29, 1.82) is 0 Å². The summed E-state index contributed by atoms with van der Waals surface area (Å²) in [6, 6.07) is 1.26. The van der Waals surface area contributed by atoms with Gasteiger partial charge >= 0.3 is 5.97 Å². The Morgan fingerprint density at radius 1 is 1.77 bits per heavy atom. The van der Waals surface area contributed by atoms with Crippen LogP contribution in [0.25, 0.3) is 0 Å². The number of aromatic nitrogens is 1. The summed E-state index contributed by atoms with van der Waals surface area (Å²) in [6.45, 7) is 1.93. The van der Waals surface area contributed by atoms with Crippen molar-refractivity contribution in [3.63, 3.8) is 0 Å². The molecule has 0 atom stereocenters. The minimum absolute atomic E-state index is 0.0295. The maximum absolute atomic E-state index is 11.1. The first kappa shape index (κ1) is 9.80. The zero-order chi connectivity index (χ0) is 9.84. The lowest BCUT2D eigenvalue weighted by atomic mass is 10.2. The number of hydrogen-bond acceptors (Lipinski definition) is 4. The van der Waals surface area contributed by atoms with E-state index in [0.717, 1.165) is 6.20 Å². The van der Waals surface area contributed by atoms with E-state index in [2.05, 4.69) is 9.72 Å². The van der Waals surface area contributed by atoms with Crippen molar-refractivity contribution in [1.82, 2.24) is 4.98 Å². The molecule has 0 unspecified atom stereocenters. The van der Waals surface area contributed by atoms with E-state index in [1.165, 1.54) is 6.07 Å². The molecular formula is C8H8ClNO3. The van der Waals surface area contributed by atoms with Crippen molar-refractivity contribution in [3.8, 4) is 5.75 Å². The van der Waals surface area contributed by atoms with Gasteiger partial charge in [-0.2, -0.15) is 0 Å². The average Bonchev–Trinajstić information content (AvgIpc) is 2.09. The van der Waals surface area contributed by atoms with E-state index in [4.69, 9.17) is 11.6 Å². The Balaban J connectivity index is 2.99. The number of rotatable bonds is 2. The van der Waals surface area contributed by atoms with Gasteiger partial charge in [0.05, 0.1) is 12.8 Å². The molecule has 5 heteroatoms. The summed E-state index contributed by atoms with van der Waals surface area (Å²) in [5.41, 5.74) is 0.0295. The number of ether oxygens (including phenoxy) is 1. The van der Waals surface area contributed by atoms with Gasteiger partial charge in [0.15, 0.2) is 0 Å². The number of carbonyl (C=O) groups excluding carboxylic acids is 1. The Labute approximate surface area is 80.1 Å². The summed E-state index contributed by atoms with van der Waals surface area (Å²) in [4.78, 5) is 14.7. The van der Waals surface area contributed by atoms with E-state index in [9.17, 15) is 9.90 Å². The van der Waals surface area contributed by atoms with E-state index >= 15 is 0 Å². The molecule has 1 aromatic rings. The predicted molar refractivity (Wildman–Crippen MR) is 46.9 cm³/mol. The number of hydrogen-bond donors (Lipinski definition) is 1. The number of aromatic hydroxyl groups is 1. The van der Waals surface area contributed by atoms with Crippen LogP contribution in [0.4, 0.5) is 0 Å². The van der Waals surface area contributed by atoms with E-state index in [-0.39, 0.29) is 23.1 Å². The van der Waals surface area contributed by atoms with Crippen LogP contribution in [0.15, 0.2) is 12.3 Å².